The molecule has 23 heavy (non-hydrogen) atoms. The normalized spacial score (nSPS) is 11.2. The smallest absolute Gasteiger partial charge is 0.246 e. The van der Waals surface area contributed by atoms with Crippen LogP contribution in [0.4, 0.5) is 5.82 Å². The van der Waals surface area contributed by atoms with Crippen molar-refractivity contribution in [2.45, 2.75) is 6.54 Å². The summed E-state index contributed by atoms with van der Waals surface area (Å²) in [5.41, 5.74) is 6.37. The average molecular weight is 324 g/mol. The molecule has 0 saturated heterocycles. The Morgan fingerprint density at radius 3 is 2.96 bits per heavy atom. The molecule has 0 spiro atoms. The van der Waals surface area contributed by atoms with Crippen LogP contribution in [0, 0.1) is 0 Å². The first-order valence-electron chi connectivity index (χ1n) is 7.10. The minimum Gasteiger partial charge on any atom is -0.384 e. The van der Waals surface area contributed by atoms with E-state index in [0.29, 0.717) is 12.4 Å². The quantitative estimate of drug-likeness (QED) is 0.749. The van der Waals surface area contributed by atoms with Gasteiger partial charge in [0, 0.05) is 35.8 Å². The van der Waals surface area contributed by atoms with Crippen LogP contribution in [-0.4, -0.2) is 27.8 Å². The largest absolute Gasteiger partial charge is 0.384 e. The van der Waals surface area contributed by atoms with E-state index in [2.05, 4.69) is 16.0 Å². The second kappa shape index (κ2) is 6.58. The zero-order chi connectivity index (χ0) is 16.2. The van der Waals surface area contributed by atoms with Crippen LogP contribution in [-0.2, 0) is 11.3 Å². The lowest BCUT2D eigenvalue weighted by Gasteiger charge is -2.13. The number of anilines is 1. The molecular weight excluding hydrogens is 308 g/mol. The molecule has 0 fully saturated rings. The maximum Gasteiger partial charge on any atom is 0.246 e. The van der Waals surface area contributed by atoms with Crippen LogP contribution in [0.25, 0.3) is 16.3 Å². The fourth-order valence-corrected chi connectivity index (χ4v) is 3.18. The Bertz CT molecular complexity index is 821. The molecule has 1 amide bonds. The number of nitrogens with zero attached hydrogens (tertiary/aromatic N) is 3. The fourth-order valence-electron chi connectivity index (χ4n) is 2.13. The lowest BCUT2D eigenvalue weighted by atomic mass is 10.2. The van der Waals surface area contributed by atoms with Crippen LogP contribution in [0.2, 0.25) is 0 Å². The van der Waals surface area contributed by atoms with Crippen molar-refractivity contribution in [1.82, 2.24) is 14.9 Å². The minimum absolute atomic E-state index is 0.0627. The van der Waals surface area contributed by atoms with Crippen LogP contribution in [0.5, 0.6) is 0 Å². The Balaban J connectivity index is 1.66. The van der Waals surface area contributed by atoms with E-state index in [1.54, 1.807) is 53.9 Å². The number of likely N-dealkylation sites (N-methyl/N-ethyl adjacent to an activating group) is 1. The van der Waals surface area contributed by atoms with Gasteiger partial charge in [-0.25, -0.2) is 9.97 Å². The SMILES string of the molecule is CN(Cc1cc2cccnc2s1)C(=O)C=Cc1ccc(N)nc1. The number of amides is 1. The zero-order valence-corrected chi connectivity index (χ0v) is 13.5. The minimum atomic E-state index is -0.0627. The predicted molar refractivity (Wildman–Crippen MR) is 93.8 cm³/mol. The second-order valence-corrected chi connectivity index (χ2v) is 6.27. The first kappa shape index (κ1) is 15.2. The first-order chi connectivity index (χ1) is 11.1. The Labute approximate surface area is 138 Å². The van der Waals surface area contributed by atoms with Gasteiger partial charge in [-0.1, -0.05) is 6.07 Å². The van der Waals surface area contributed by atoms with Crippen LogP contribution in [0.1, 0.15) is 10.4 Å². The van der Waals surface area contributed by atoms with Crippen molar-refractivity contribution >= 4 is 39.4 Å². The standard InChI is InChI=1S/C17H16N4OS/c1-21(11-14-9-13-3-2-8-19-17(13)23-14)16(22)7-5-12-4-6-15(18)20-10-12/h2-10H,11H2,1H3,(H2,18,20). The molecule has 0 aromatic carbocycles. The summed E-state index contributed by atoms with van der Waals surface area (Å²) < 4.78 is 0. The number of fused-ring (bicyclic) bond motifs is 1. The van der Waals surface area contributed by atoms with Crippen molar-refractivity contribution in [3.05, 3.63) is 59.2 Å². The Morgan fingerprint density at radius 1 is 1.35 bits per heavy atom. The number of pyridine rings is 2. The number of carbonyl (C=O) groups is 1. The predicted octanol–water partition coefficient (Wildman–Crippen LogP) is 2.95. The zero-order valence-electron chi connectivity index (χ0n) is 12.6. The lowest BCUT2D eigenvalue weighted by molar-refractivity contribution is -0.125. The third kappa shape index (κ3) is 3.73. The molecule has 0 saturated carbocycles. The molecule has 2 N–H and O–H groups in total. The lowest BCUT2D eigenvalue weighted by Crippen LogP contribution is -2.23. The highest BCUT2D eigenvalue weighted by Crippen LogP contribution is 2.24. The maximum absolute atomic E-state index is 12.2. The molecule has 0 radical (unpaired) electrons. The van der Waals surface area contributed by atoms with Gasteiger partial charge in [-0.15, -0.1) is 11.3 Å². The number of hydrogen-bond acceptors (Lipinski definition) is 5. The van der Waals surface area contributed by atoms with Gasteiger partial charge >= 0.3 is 0 Å². The maximum atomic E-state index is 12.2. The van der Waals surface area contributed by atoms with Gasteiger partial charge in [0.05, 0.1) is 6.54 Å². The van der Waals surface area contributed by atoms with Gasteiger partial charge in [-0.2, -0.15) is 0 Å². The number of thiophene rings is 1. The van der Waals surface area contributed by atoms with E-state index in [4.69, 9.17) is 5.73 Å². The molecule has 5 nitrogen and oxygen atoms in total. The van der Waals surface area contributed by atoms with Gasteiger partial charge in [0.1, 0.15) is 10.6 Å². The molecule has 3 heterocycles. The van der Waals surface area contributed by atoms with E-state index in [0.717, 1.165) is 20.7 Å². The molecule has 3 aromatic heterocycles. The highest BCUT2D eigenvalue weighted by atomic mass is 32.1. The Kier molecular flexibility index (Phi) is 4.34. The van der Waals surface area contributed by atoms with Crippen molar-refractivity contribution in [3.8, 4) is 0 Å². The van der Waals surface area contributed by atoms with Gasteiger partial charge in [0.25, 0.3) is 0 Å². The number of rotatable bonds is 4. The number of aromatic nitrogens is 2. The molecule has 0 bridgehead atoms. The monoisotopic (exact) mass is 324 g/mol. The van der Waals surface area contributed by atoms with Crippen molar-refractivity contribution in [2.75, 3.05) is 12.8 Å². The molecular formula is C17H16N4OS. The topological polar surface area (TPSA) is 72.1 Å². The highest BCUT2D eigenvalue weighted by Gasteiger charge is 2.09. The summed E-state index contributed by atoms with van der Waals surface area (Å²) in [4.78, 5) is 24.3. The van der Waals surface area contributed by atoms with Gasteiger partial charge in [-0.05, 0) is 35.9 Å². The van der Waals surface area contributed by atoms with Gasteiger partial charge in [0.15, 0.2) is 0 Å². The fraction of sp³-hybridized carbons (Fsp3) is 0.118. The van der Waals surface area contributed by atoms with E-state index in [1.165, 1.54) is 0 Å². The summed E-state index contributed by atoms with van der Waals surface area (Å²) in [5.74, 6) is 0.399. The summed E-state index contributed by atoms with van der Waals surface area (Å²) in [6.45, 7) is 0.560. The number of hydrogen-bond donors (Lipinski definition) is 1. The van der Waals surface area contributed by atoms with E-state index in [1.807, 2.05) is 18.2 Å². The van der Waals surface area contributed by atoms with Crippen LogP contribution < -0.4 is 5.73 Å². The first-order valence-corrected chi connectivity index (χ1v) is 7.91. The third-order valence-corrected chi connectivity index (χ3v) is 4.39. The van der Waals surface area contributed by atoms with Crippen LogP contribution in [0.15, 0.2) is 48.8 Å². The summed E-state index contributed by atoms with van der Waals surface area (Å²) in [5, 5.41) is 1.11. The molecule has 116 valence electrons. The number of carbonyl (C=O) groups excluding carboxylic acids is 1. The molecule has 3 rings (SSSR count). The molecule has 0 unspecified atom stereocenters. The van der Waals surface area contributed by atoms with Crippen molar-refractivity contribution in [3.63, 3.8) is 0 Å². The van der Waals surface area contributed by atoms with Gasteiger partial charge in [-0.3, -0.25) is 4.79 Å². The number of nitrogen functional groups attached to an aromatic ring is 1. The van der Waals surface area contributed by atoms with E-state index >= 15 is 0 Å². The number of nitrogens with two attached hydrogens (primary N) is 1. The molecule has 6 heteroatoms. The molecule has 0 atom stereocenters. The summed E-state index contributed by atoms with van der Waals surface area (Å²) in [6, 6.07) is 9.54. The van der Waals surface area contributed by atoms with Gasteiger partial charge in [0.2, 0.25) is 5.91 Å². The third-order valence-electron chi connectivity index (χ3n) is 3.34. The van der Waals surface area contributed by atoms with Crippen molar-refractivity contribution in [1.29, 1.82) is 0 Å². The summed E-state index contributed by atoms with van der Waals surface area (Å²) in [6.07, 6.45) is 6.69. The van der Waals surface area contributed by atoms with Crippen molar-refractivity contribution in [2.24, 2.45) is 0 Å². The Morgan fingerprint density at radius 2 is 2.22 bits per heavy atom. The van der Waals surface area contributed by atoms with Crippen molar-refractivity contribution < 1.29 is 4.79 Å². The molecule has 0 aliphatic rings. The molecule has 0 aliphatic carbocycles. The second-order valence-electron chi connectivity index (χ2n) is 5.15. The summed E-state index contributed by atoms with van der Waals surface area (Å²) >= 11 is 1.61. The van der Waals surface area contributed by atoms with Crippen LogP contribution >= 0.6 is 11.3 Å². The van der Waals surface area contributed by atoms with E-state index in [-0.39, 0.29) is 5.91 Å². The summed E-state index contributed by atoms with van der Waals surface area (Å²) in [7, 11) is 1.78. The van der Waals surface area contributed by atoms with E-state index < -0.39 is 0 Å². The molecule has 3 aromatic rings. The van der Waals surface area contributed by atoms with Gasteiger partial charge < -0.3 is 10.6 Å². The molecule has 0 aliphatic heterocycles. The highest BCUT2D eigenvalue weighted by molar-refractivity contribution is 7.18. The van der Waals surface area contributed by atoms with E-state index in [9.17, 15) is 4.79 Å². The average Bonchev–Trinajstić information content (AvgIpc) is 2.96. The Hall–Kier alpha value is -2.73. The van der Waals surface area contributed by atoms with Crippen LogP contribution in [0.3, 0.4) is 0 Å².